The Hall–Kier alpha value is -0.730. The Balaban J connectivity index is 0.00000280. The van der Waals surface area contributed by atoms with Crippen LogP contribution < -0.4 is 15.4 Å². The quantitative estimate of drug-likeness (QED) is 0.334. The Morgan fingerprint density at radius 2 is 1.89 bits per heavy atom. The summed E-state index contributed by atoms with van der Waals surface area (Å²) in [6.07, 6.45) is 6.43. The second kappa shape index (κ2) is 11.5. The van der Waals surface area contributed by atoms with E-state index in [-0.39, 0.29) is 30.1 Å². The Kier molecular flexibility index (Phi) is 9.63. The molecule has 0 saturated carbocycles. The van der Waals surface area contributed by atoms with Crippen LogP contribution in [0.3, 0.4) is 0 Å². The summed E-state index contributed by atoms with van der Waals surface area (Å²) in [5.41, 5.74) is 0. The summed E-state index contributed by atoms with van der Waals surface area (Å²) < 4.78 is 5.93. The molecular weight excluding hydrogens is 487 g/mol. The number of piperidine rings is 2. The number of rotatable bonds is 6. The molecule has 2 aliphatic heterocycles. The second-order valence-corrected chi connectivity index (χ2v) is 8.26. The van der Waals surface area contributed by atoms with E-state index in [0.717, 1.165) is 23.3 Å². The second-order valence-electron chi connectivity index (χ2n) is 7.82. The number of nitrogens with one attached hydrogen (secondary N) is 2. The monoisotopic (exact) mass is 520 g/mol. The van der Waals surface area contributed by atoms with Crippen molar-refractivity contribution in [1.82, 2.24) is 15.5 Å². The van der Waals surface area contributed by atoms with Crippen molar-refractivity contribution < 1.29 is 4.74 Å². The fraction of sp³-hybridized carbons (Fsp3) is 0.667. The molecular formula is C21H34ClIN4O. The van der Waals surface area contributed by atoms with Gasteiger partial charge in [-0.05, 0) is 70.8 Å². The molecule has 2 heterocycles. The van der Waals surface area contributed by atoms with Crippen LogP contribution in [-0.4, -0.2) is 55.2 Å². The van der Waals surface area contributed by atoms with Gasteiger partial charge in [0, 0.05) is 29.7 Å². The van der Waals surface area contributed by atoms with Gasteiger partial charge in [0.1, 0.15) is 11.9 Å². The Bertz CT molecular complexity index is 613. The molecule has 28 heavy (non-hydrogen) atoms. The smallest absolute Gasteiger partial charge is 0.191 e. The first-order chi connectivity index (χ1) is 13.0. The van der Waals surface area contributed by atoms with E-state index >= 15 is 0 Å². The SMILES string of the molecule is CCNC(=NCC(C)Oc1ccc(Cl)cc1)NC1CC2CCCC(C1)N2C.I. The van der Waals surface area contributed by atoms with Crippen molar-refractivity contribution >= 4 is 41.5 Å². The molecule has 0 aromatic heterocycles. The molecule has 0 aliphatic carbocycles. The molecule has 158 valence electrons. The summed E-state index contributed by atoms with van der Waals surface area (Å²) in [4.78, 5) is 7.35. The zero-order chi connectivity index (χ0) is 19.2. The number of hydrogen-bond acceptors (Lipinski definition) is 3. The number of halogens is 2. The maximum atomic E-state index is 5.93. The minimum absolute atomic E-state index is 0. The van der Waals surface area contributed by atoms with Crippen LogP contribution >= 0.6 is 35.6 Å². The molecule has 0 radical (unpaired) electrons. The van der Waals surface area contributed by atoms with Crippen LogP contribution in [0.2, 0.25) is 5.02 Å². The Morgan fingerprint density at radius 1 is 1.25 bits per heavy atom. The number of nitrogens with zero attached hydrogens (tertiary/aromatic N) is 2. The highest BCUT2D eigenvalue weighted by Gasteiger charge is 2.36. The van der Waals surface area contributed by atoms with Gasteiger partial charge in [0.05, 0.1) is 6.54 Å². The number of guanidine groups is 1. The summed E-state index contributed by atoms with van der Waals surface area (Å²) in [5.74, 6) is 1.72. The fourth-order valence-corrected chi connectivity index (χ4v) is 4.38. The van der Waals surface area contributed by atoms with Crippen molar-refractivity contribution in [3.8, 4) is 5.75 Å². The van der Waals surface area contributed by atoms with E-state index in [9.17, 15) is 0 Å². The first-order valence-electron chi connectivity index (χ1n) is 10.2. The lowest BCUT2D eigenvalue weighted by Gasteiger charge is -2.47. The standard InChI is InChI=1S/C21H33ClN4O.HI/c1-4-23-21(24-14-15(2)27-20-10-8-16(22)9-11-20)25-17-12-18-6-5-7-19(13-17)26(18)3;/h8-11,15,17-19H,4-7,12-14H2,1-3H3,(H2,23,24,25);1H. The van der Waals surface area contributed by atoms with Gasteiger partial charge in [-0.2, -0.15) is 0 Å². The van der Waals surface area contributed by atoms with Gasteiger partial charge in [0.2, 0.25) is 0 Å². The van der Waals surface area contributed by atoms with E-state index in [2.05, 4.69) is 29.5 Å². The third-order valence-electron chi connectivity index (χ3n) is 5.68. The lowest BCUT2D eigenvalue weighted by Crippen LogP contribution is -2.56. The molecule has 2 saturated heterocycles. The van der Waals surface area contributed by atoms with Crippen LogP contribution in [0.1, 0.15) is 46.0 Å². The highest BCUT2D eigenvalue weighted by atomic mass is 127. The molecule has 2 N–H and O–H groups in total. The summed E-state index contributed by atoms with van der Waals surface area (Å²) in [6.45, 7) is 5.62. The van der Waals surface area contributed by atoms with Crippen LogP contribution in [-0.2, 0) is 0 Å². The van der Waals surface area contributed by atoms with Gasteiger partial charge >= 0.3 is 0 Å². The maximum Gasteiger partial charge on any atom is 0.191 e. The molecule has 0 amide bonds. The molecule has 2 aliphatic rings. The van der Waals surface area contributed by atoms with E-state index in [0.29, 0.717) is 24.7 Å². The van der Waals surface area contributed by atoms with Crippen molar-refractivity contribution in [2.75, 3.05) is 20.1 Å². The Labute approximate surface area is 191 Å². The topological polar surface area (TPSA) is 48.9 Å². The van der Waals surface area contributed by atoms with E-state index in [1.54, 1.807) is 0 Å². The molecule has 1 aromatic carbocycles. The first-order valence-corrected chi connectivity index (χ1v) is 10.6. The fourth-order valence-electron chi connectivity index (χ4n) is 4.25. The van der Waals surface area contributed by atoms with Crippen LogP contribution in [0, 0.1) is 0 Å². The molecule has 3 rings (SSSR count). The van der Waals surface area contributed by atoms with E-state index < -0.39 is 0 Å². The van der Waals surface area contributed by atoms with Gasteiger partial charge < -0.3 is 20.3 Å². The predicted molar refractivity (Wildman–Crippen MR) is 128 cm³/mol. The molecule has 5 nitrogen and oxygen atoms in total. The van der Waals surface area contributed by atoms with Crippen molar-refractivity contribution in [3.63, 3.8) is 0 Å². The molecule has 7 heteroatoms. The van der Waals surface area contributed by atoms with Crippen molar-refractivity contribution in [3.05, 3.63) is 29.3 Å². The van der Waals surface area contributed by atoms with Gasteiger partial charge in [-0.15, -0.1) is 24.0 Å². The van der Waals surface area contributed by atoms with Crippen molar-refractivity contribution in [1.29, 1.82) is 0 Å². The first kappa shape index (κ1) is 23.5. The maximum absolute atomic E-state index is 5.93. The molecule has 3 unspecified atom stereocenters. The van der Waals surface area contributed by atoms with Crippen LogP contribution in [0.5, 0.6) is 5.75 Å². The summed E-state index contributed by atoms with van der Waals surface area (Å²) in [6, 6.07) is 9.40. The molecule has 2 fully saturated rings. The highest BCUT2D eigenvalue weighted by Crippen LogP contribution is 2.32. The molecule has 2 bridgehead atoms. The molecule has 1 aromatic rings. The zero-order valence-electron chi connectivity index (χ0n) is 17.2. The summed E-state index contributed by atoms with van der Waals surface area (Å²) in [5, 5.41) is 7.77. The van der Waals surface area contributed by atoms with Crippen LogP contribution in [0.15, 0.2) is 29.3 Å². The largest absolute Gasteiger partial charge is 0.489 e. The van der Waals surface area contributed by atoms with Crippen LogP contribution in [0.4, 0.5) is 0 Å². The minimum Gasteiger partial charge on any atom is -0.489 e. The van der Waals surface area contributed by atoms with E-state index in [1.165, 1.54) is 32.1 Å². The summed E-state index contributed by atoms with van der Waals surface area (Å²) >= 11 is 5.93. The minimum atomic E-state index is -0.00139. The average molecular weight is 521 g/mol. The van der Waals surface area contributed by atoms with Crippen molar-refractivity contribution in [2.24, 2.45) is 4.99 Å². The zero-order valence-corrected chi connectivity index (χ0v) is 20.2. The van der Waals surface area contributed by atoms with E-state index in [1.807, 2.05) is 31.2 Å². The molecule has 3 atom stereocenters. The lowest BCUT2D eigenvalue weighted by atomic mass is 9.82. The predicted octanol–water partition coefficient (Wildman–Crippen LogP) is 4.30. The number of fused-ring (bicyclic) bond motifs is 2. The van der Waals surface area contributed by atoms with Gasteiger partial charge in [0.15, 0.2) is 5.96 Å². The Morgan fingerprint density at radius 3 is 2.50 bits per heavy atom. The highest BCUT2D eigenvalue weighted by molar-refractivity contribution is 14.0. The normalized spacial score (nSPS) is 26.1. The van der Waals surface area contributed by atoms with Gasteiger partial charge in [-0.3, -0.25) is 0 Å². The lowest BCUT2D eigenvalue weighted by molar-refractivity contribution is 0.0526. The third kappa shape index (κ3) is 6.66. The van der Waals surface area contributed by atoms with Crippen molar-refractivity contribution in [2.45, 2.75) is 70.2 Å². The third-order valence-corrected chi connectivity index (χ3v) is 5.93. The number of hydrogen-bond donors (Lipinski definition) is 2. The molecule has 0 spiro atoms. The number of benzene rings is 1. The number of aliphatic imine (C=N–C) groups is 1. The van der Waals surface area contributed by atoms with Gasteiger partial charge in [-0.25, -0.2) is 4.99 Å². The van der Waals surface area contributed by atoms with Crippen LogP contribution in [0.25, 0.3) is 0 Å². The average Bonchev–Trinajstić information content (AvgIpc) is 2.63. The van der Waals surface area contributed by atoms with E-state index in [4.69, 9.17) is 21.3 Å². The summed E-state index contributed by atoms with van der Waals surface area (Å²) in [7, 11) is 2.29. The van der Waals surface area contributed by atoms with Gasteiger partial charge in [-0.1, -0.05) is 18.0 Å². The van der Waals surface area contributed by atoms with Gasteiger partial charge in [0.25, 0.3) is 0 Å². The number of ether oxygens (including phenoxy) is 1.